The number of quaternary nitrogens is 1. The number of likely N-dealkylation sites (tertiary alicyclic amines) is 1. The van der Waals surface area contributed by atoms with Crippen LogP contribution in [0, 0.1) is 11.8 Å². The molecule has 2 atom stereocenters. The van der Waals surface area contributed by atoms with Crippen molar-refractivity contribution in [2.24, 2.45) is 11.8 Å². The van der Waals surface area contributed by atoms with Crippen molar-refractivity contribution in [2.75, 3.05) is 27.2 Å². The van der Waals surface area contributed by atoms with E-state index in [2.05, 4.69) is 27.9 Å². The molecule has 0 aromatic carbocycles. The van der Waals surface area contributed by atoms with Crippen molar-refractivity contribution < 1.29 is 29.1 Å². The second kappa shape index (κ2) is 7.10. The van der Waals surface area contributed by atoms with E-state index in [9.17, 15) is 24.6 Å². The van der Waals surface area contributed by atoms with Crippen LogP contribution in [0.2, 0.25) is 0 Å². The Balaban J connectivity index is 0.000000370. The fourth-order valence-electron chi connectivity index (χ4n) is 2.67. The van der Waals surface area contributed by atoms with Crippen LogP contribution in [0.1, 0.15) is 26.7 Å². The maximum absolute atomic E-state index is 11.1. The van der Waals surface area contributed by atoms with Gasteiger partial charge < -0.3 is 8.61 Å². The molecule has 2 unspecified atom stereocenters. The van der Waals surface area contributed by atoms with E-state index >= 15 is 0 Å². The summed E-state index contributed by atoms with van der Waals surface area (Å²) < 4.78 is 61.3. The molecule has 0 spiro atoms. The van der Waals surface area contributed by atoms with E-state index in [0.29, 0.717) is 0 Å². The van der Waals surface area contributed by atoms with Gasteiger partial charge in [-0.1, -0.05) is 13.8 Å². The highest BCUT2D eigenvalue weighted by molar-refractivity contribution is 8.07. The molecule has 1 heterocycles. The Morgan fingerprint density at radius 3 is 1.40 bits per heavy atom. The molecule has 0 radical (unpaired) electrons. The van der Waals surface area contributed by atoms with E-state index in [-0.39, 0.29) is 0 Å². The number of rotatable bonds is 4. The lowest BCUT2D eigenvalue weighted by Gasteiger charge is -2.23. The van der Waals surface area contributed by atoms with Gasteiger partial charge >= 0.3 is 0 Å². The molecule has 0 saturated carbocycles. The Bertz CT molecular complexity index is 461. The van der Waals surface area contributed by atoms with Crippen LogP contribution in [0.15, 0.2) is 0 Å². The van der Waals surface area contributed by atoms with Crippen LogP contribution in [-0.4, -0.2) is 48.5 Å². The van der Waals surface area contributed by atoms with Gasteiger partial charge in [-0.15, -0.1) is 7.77 Å². The first-order valence-electron chi connectivity index (χ1n) is 6.25. The van der Waals surface area contributed by atoms with Crippen LogP contribution < -0.4 is 0 Å². The average Bonchev–Trinajstić information content (AvgIpc) is 2.48. The number of hydrogen-bond donors (Lipinski definition) is 0. The third-order valence-electron chi connectivity index (χ3n) is 3.35. The molecule has 1 rings (SSSR count). The minimum Gasteiger partial charge on any atom is -0.379 e. The van der Waals surface area contributed by atoms with Gasteiger partial charge in [0.1, 0.15) is 0 Å². The van der Waals surface area contributed by atoms with Crippen molar-refractivity contribution in [1.29, 1.82) is 0 Å². The molecular formula is C10H22F2N2O4S2. The molecule has 20 heavy (non-hydrogen) atoms. The van der Waals surface area contributed by atoms with Crippen molar-refractivity contribution >= 4 is 20.8 Å². The molecule has 1 aliphatic heterocycles. The first kappa shape index (κ1) is 19.7. The second-order valence-electron chi connectivity index (χ2n) is 5.54. The van der Waals surface area contributed by atoms with E-state index in [1.807, 2.05) is 0 Å². The summed E-state index contributed by atoms with van der Waals surface area (Å²) in [5.41, 5.74) is 0. The zero-order valence-corrected chi connectivity index (χ0v) is 13.7. The molecule has 1 aliphatic rings. The van der Waals surface area contributed by atoms with Crippen LogP contribution in [0.25, 0.3) is 4.13 Å². The zero-order valence-electron chi connectivity index (χ0n) is 12.1. The molecule has 1 fully saturated rings. The summed E-state index contributed by atoms with van der Waals surface area (Å²) in [5.74, 6) is 1.99. The summed E-state index contributed by atoms with van der Waals surface area (Å²) >= 11 is 0. The van der Waals surface area contributed by atoms with Crippen LogP contribution in [-0.2, 0) is 20.8 Å². The normalized spacial score (nSPS) is 25.9. The van der Waals surface area contributed by atoms with Gasteiger partial charge in [0, 0.05) is 11.8 Å². The van der Waals surface area contributed by atoms with E-state index in [1.165, 1.54) is 30.4 Å². The Labute approximate surface area is 120 Å². The summed E-state index contributed by atoms with van der Waals surface area (Å²) in [6.07, 6.45) is 2.75. The lowest BCUT2D eigenvalue weighted by molar-refractivity contribution is -0.880. The summed E-state index contributed by atoms with van der Waals surface area (Å²) in [4.78, 5) is 0. The summed E-state index contributed by atoms with van der Waals surface area (Å²) in [7, 11) is -6.52. The smallest absolute Gasteiger partial charge is 0.241 e. The van der Waals surface area contributed by atoms with Gasteiger partial charge in [0.2, 0.25) is 20.8 Å². The molecule has 0 bridgehead atoms. The number of nitrogens with zero attached hydrogens (tertiary/aromatic N) is 2. The maximum Gasteiger partial charge on any atom is 0.241 e. The third-order valence-corrected chi connectivity index (χ3v) is 4.78. The zero-order chi connectivity index (χ0) is 16.2. The molecule has 1 saturated heterocycles. The van der Waals surface area contributed by atoms with E-state index < -0.39 is 20.8 Å². The SMILES string of the molecule is CCC1C[N+](C)(C)CC1CC.O=S(=O)(F)[N-]S(=O)(=O)F. The second-order valence-corrected chi connectivity index (χ2v) is 7.78. The van der Waals surface area contributed by atoms with Crippen molar-refractivity contribution in [1.82, 2.24) is 0 Å². The van der Waals surface area contributed by atoms with Gasteiger partial charge in [0.05, 0.1) is 27.2 Å². The Morgan fingerprint density at radius 1 is 0.950 bits per heavy atom. The van der Waals surface area contributed by atoms with E-state index in [0.717, 1.165) is 16.0 Å². The van der Waals surface area contributed by atoms with Gasteiger partial charge in [-0.25, -0.2) is 16.8 Å². The molecule has 6 nitrogen and oxygen atoms in total. The first-order chi connectivity index (χ1) is 8.79. The number of hydrogen-bond acceptors (Lipinski definition) is 4. The molecule has 0 N–H and O–H groups in total. The Hall–Kier alpha value is -0.320. The topological polar surface area (TPSA) is 82.4 Å². The molecule has 10 heteroatoms. The third kappa shape index (κ3) is 8.77. The van der Waals surface area contributed by atoms with Crippen LogP contribution in [0.4, 0.5) is 7.77 Å². The van der Waals surface area contributed by atoms with Crippen LogP contribution in [0.5, 0.6) is 0 Å². The predicted octanol–water partition coefficient (Wildman–Crippen LogP) is 1.92. The molecular weight excluding hydrogens is 314 g/mol. The molecule has 0 aliphatic carbocycles. The fourth-order valence-corrected chi connectivity index (χ4v) is 3.52. The highest BCUT2D eigenvalue weighted by Gasteiger charge is 2.37. The van der Waals surface area contributed by atoms with Gasteiger partial charge in [-0.3, -0.25) is 0 Å². The van der Waals surface area contributed by atoms with Gasteiger partial charge in [0.25, 0.3) is 0 Å². The monoisotopic (exact) mass is 336 g/mol. The fraction of sp³-hybridized carbons (Fsp3) is 1.00. The maximum atomic E-state index is 11.1. The van der Waals surface area contributed by atoms with Crippen molar-refractivity contribution in [3.8, 4) is 0 Å². The van der Waals surface area contributed by atoms with Crippen LogP contribution >= 0.6 is 0 Å². The largest absolute Gasteiger partial charge is 0.379 e. The standard InChI is InChI=1S/C10H22N.F2NO4S2/c1-5-9-7-11(3,4)8-10(9)6-2;1-8(4,5)3-9(2,6)7/h9-10H,5-8H2,1-4H3;/q+1;-1. The lowest BCUT2D eigenvalue weighted by atomic mass is 9.92. The van der Waals surface area contributed by atoms with Crippen molar-refractivity contribution in [2.45, 2.75) is 26.7 Å². The first-order valence-corrected chi connectivity index (χ1v) is 8.93. The van der Waals surface area contributed by atoms with Gasteiger partial charge in [-0.2, -0.15) is 0 Å². The summed E-state index contributed by atoms with van der Waals surface area (Å²) in [5, 5.41) is 0. The summed E-state index contributed by atoms with van der Waals surface area (Å²) in [6, 6.07) is 0. The highest BCUT2D eigenvalue weighted by Crippen LogP contribution is 2.30. The predicted molar refractivity (Wildman–Crippen MR) is 72.8 cm³/mol. The minimum absolute atomic E-state index is 0.995. The lowest BCUT2D eigenvalue weighted by Crippen LogP contribution is -2.36. The van der Waals surface area contributed by atoms with E-state index in [4.69, 9.17) is 0 Å². The molecule has 0 aromatic rings. The number of halogens is 2. The molecule has 0 amide bonds. The summed E-state index contributed by atoms with van der Waals surface area (Å²) in [6.45, 7) is 7.46. The quantitative estimate of drug-likeness (QED) is 0.580. The Morgan fingerprint density at radius 2 is 1.25 bits per heavy atom. The molecule has 122 valence electrons. The van der Waals surface area contributed by atoms with Crippen molar-refractivity contribution in [3.05, 3.63) is 4.13 Å². The highest BCUT2D eigenvalue weighted by atomic mass is 32.3. The van der Waals surface area contributed by atoms with Gasteiger partial charge in [-0.05, 0) is 12.8 Å². The van der Waals surface area contributed by atoms with Crippen LogP contribution in [0.3, 0.4) is 0 Å². The molecule has 0 aromatic heterocycles. The van der Waals surface area contributed by atoms with Gasteiger partial charge in [0.15, 0.2) is 0 Å². The Kier molecular flexibility index (Phi) is 6.99. The van der Waals surface area contributed by atoms with Crippen molar-refractivity contribution in [3.63, 3.8) is 0 Å². The minimum atomic E-state index is -5.62. The average molecular weight is 336 g/mol. The van der Waals surface area contributed by atoms with E-state index in [1.54, 1.807) is 0 Å².